The molecule has 0 spiro atoms. The summed E-state index contributed by atoms with van der Waals surface area (Å²) in [5, 5.41) is 2.77. The number of rotatable bonds is 6. The van der Waals surface area contributed by atoms with Crippen LogP contribution in [-0.4, -0.2) is 37.0 Å². The predicted molar refractivity (Wildman–Crippen MR) is 106 cm³/mol. The molecule has 1 N–H and O–H groups in total. The lowest BCUT2D eigenvalue weighted by Gasteiger charge is -2.18. The van der Waals surface area contributed by atoms with Gasteiger partial charge in [0.2, 0.25) is 0 Å². The fraction of sp³-hybridized carbons (Fsp3) is 0.318. The number of likely N-dealkylation sites (N-methyl/N-ethyl adjacent to an activating group) is 1. The molecule has 28 heavy (non-hydrogen) atoms. The van der Waals surface area contributed by atoms with Gasteiger partial charge in [0.05, 0.1) is 5.57 Å². The first-order valence-corrected chi connectivity index (χ1v) is 9.57. The van der Waals surface area contributed by atoms with Crippen LogP contribution in [0.25, 0.3) is 11.3 Å². The summed E-state index contributed by atoms with van der Waals surface area (Å²) in [6, 6.07) is 10.0. The lowest BCUT2D eigenvalue weighted by molar-refractivity contribution is -0.110. The number of carbonyl (C=O) groups excluding carboxylic acids is 1. The van der Waals surface area contributed by atoms with E-state index in [0.29, 0.717) is 35.8 Å². The number of anilines is 1. The zero-order valence-electron chi connectivity index (χ0n) is 16.0. The van der Waals surface area contributed by atoms with E-state index in [1.165, 1.54) is 12.1 Å². The summed E-state index contributed by atoms with van der Waals surface area (Å²) in [7, 11) is 0. The van der Waals surface area contributed by atoms with E-state index < -0.39 is 0 Å². The predicted octanol–water partition coefficient (Wildman–Crippen LogP) is 3.90. The minimum absolute atomic E-state index is 0.275. The van der Waals surface area contributed by atoms with Crippen molar-refractivity contribution >= 4 is 22.9 Å². The zero-order chi connectivity index (χ0) is 19.7. The summed E-state index contributed by atoms with van der Waals surface area (Å²) in [6.45, 7) is 8.11. The van der Waals surface area contributed by atoms with E-state index in [1.807, 2.05) is 18.2 Å². The second-order valence-electron chi connectivity index (χ2n) is 6.83. The molecule has 0 unspecified atom stereocenters. The molecule has 5 nitrogen and oxygen atoms in total. The maximum atomic E-state index is 13.7. The van der Waals surface area contributed by atoms with Gasteiger partial charge in [0.15, 0.2) is 0 Å². The smallest absolute Gasteiger partial charge is 0.260 e. The molecule has 2 aromatic carbocycles. The second kappa shape index (κ2) is 7.64. The van der Waals surface area contributed by atoms with Crippen molar-refractivity contribution in [3.05, 3.63) is 58.9 Å². The highest BCUT2D eigenvalue weighted by atomic mass is 19.1. The highest BCUT2D eigenvalue weighted by Gasteiger charge is 2.32. The van der Waals surface area contributed by atoms with Gasteiger partial charge in [-0.05, 0) is 49.5 Å². The van der Waals surface area contributed by atoms with Crippen molar-refractivity contribution in [3.63, 3.8) is 0 Å². The number of halogens is 1. The van der Waals surface area contributed by atoms with Crippen LogP contribution in [0.3, 0.4) is 0 Å². The Hall–Kier alpha value is -2.86. The van der Waals surface area contributed by atoms with Crippen LogP contribution in [0, 0.1) is 5.82 Å². The molecule has 0 saturated heterocycles. The number of fused-ring (bicyclic) bond motifs is 2. The summed E-state index contributed by atoms with van der Waals surface area (Å²) in [5.74, 6) is 0.612. The van der Waals surface area contributed by atoms with Gasteiger partial charge in [0.25, 0.3) is 5.91 Å². The van der Waals surface area contributed by atoms with Crippen LogP contribution in [-0.2, 0) is 16.1 Å². The number of carbonyl (C=O) groups is 1. The van der Waals surface area contributed by atoms with Gasteiger partial charge in [0, 0.05) is 28.9 Å². The zero-order valence-corrected chi connectivity index (χ0v) is 16.0. The van der Waals surface area contributed by atoms with E-state index in [0.717, 1.165) is 36.5 Å². The third kappa shape index (κ3) is 3.36. The molecular weight excluding hydrogens is 359 g/mol. The lowest BCUT2D eigenvalue weighted by atomic mass is 10.0. The molecule has 1 amide bonds. The van der Waals surface area contributed by atoms with Gasteiger partial charge >= 0.3 is 0 Å². The molecule has 2 heterocycles. The van der Waals surface area contributed by atoms with Crippen LogP contribution in [0.1, 0.15) is 30.5 Å². The minimum atomic E-state index is -0.386. The SMILES string of the molecule is CCN(CC)CCOc1ccc2c(c1)CO/C2=C1/C(=O)Nc2ccc(F)cc21. The maximum absolute atomic E-state index is 13.7. The van der Waals surface area contributed by atoms with Crippen molar-refractivity contribution < 1.29 is 18.7 Å². The molecule has 0 aliphatic carbocycles. The molecule has 0 atom stereocenters. The van der Waals surface area contributed by atoms with E-state index in [9.17, 15) is 9.18 Å². The molecule has 2 aromatic rings. The molecule has 4 rings (SSSR count). The third-order valence-electron chi connectivity index (χ3n) is 5.22. The summed E-state index contributed by atoms with van der Waals surface area (Å²) < 4.78 is 25.4. The number of ether oxygens (including phenoxy) is 2. The molecule has 0 fully saturated rings. The van der Waals surface area contributed by atoms with Gasteiger partial charge in [-0.1, -0.05) is 13.8 Å². The summed E-state index contributed by atoms with van der Waals surface area (Å²) in [6.07, 6.45) is 0. The molecule has 6 heteroatoms. The van der Waals surface area contributed by atoms with Crippen molar-refractivity contribution in [1.82, 2.24) is 4.90 Å². The topological polar surface area (TPSA) is 50.8 Å². The summed E-state index contributed by atoms with van der Waals surface area (Å²) in [4.78, 5) is 14.8. The van der Waals surface area contributed by atoms with Crippen molar-refractivity contribution in [2.45, 2.75) is 20.5 Å². The highest BCUT2D eigenvalue weighted by Crippen LogP contribution is 2.42. The molecule has 146 valence electrons. The van der Waals surface area contributed by atoms with E-state index >= 15 is 0 Å². The maximum Gasteiger partial charge on any atom is 0.260 e. The number of nitrogens with one attached hydrogen (secondary N) is 1. The molecular formula is C22H23FN2O3. The van der Waals surface area contributed by atoms with Crippen molar-refractivity contribution in [2.75, 3.05) is 31.6 Å². The molecule has 0 aromatic heterocycles. The fourth-order valence-electron chi connectivity index (χ4n) is 3.63. The van der Waals surface area contributed by atoms with E-state index in [-0.39, 0.29) is 11.7 Å². The Labute approximate surface area is 163 Å². The summed E-state index contributed by atoms with van der Waals surface area (Å²) in [5.41, 5.74) is 3.32. The van der Waals surface area contributed by atoms with E-state index in [1.54, 1.807) is 6.07 Å². The Bertz CT molecular complexity index is 951. The van der Waals surface area contributed by atoms with Crippen molar-refractivity contribution in [1.29, 1.82) is 0 Å². The van der Waals surface area contributed by atoms with Gasteiger partial charge in [-0.25, -0.2) is 4.39 Å². The van der Waals surface area contributed by atoms with Crippen LogP contribution < -0.4 is 10.1 Å². The van der Waals surface area contributed by atoms with E-state index in [4.69, 9.17) is 9.47 Å². The van der Waals surface area contributed by atoms with Crippen LogP contribution >= 0.6 is 0 Å². The standard InChI is InChI=1S/C22H23FN2O3/c1-3-25(4-2)9-10-27-16-6-7-17-14(11-16)13-28-21(17)20-18-12-15(23)5-8-19(18)24-22(20)26/h5-8,11-12H,3-4,9-10,13H2,1-2H3,(H,24,26)/b21-20+. The average Bonchev–Trinajstić information content (AvgIpc) is 3.24. The average molecular weight is 382 g/mol. The molecule has 0 radical (unpaired) electrons. The minimum Gasteiger partial charge on any atom is -0.492 e. The van der Waals surface area contributed by atoms with Crippen LogP contribution in [0.15, 0.2) is 36.4 Å². The number of nitrogens with zero attached hydrogens (tertiary/aromatic N) is 1. The Kier molecular flexibility index (Phi) is 5.05. The number of amides is 1. The van der Waals surface area contributed by atoms with Gasteiger partial charge in [0.1, 0.15) is 30.5 Å². The van der Waals surface area contributed by atoms with Gasteiger partial charge in [-0.15, -0.1) is 0 Å². The van der Waals surface area contributed by atoms with E-state index in [2.05, 4.69) is 24.1 Å². The number of hydrogen-bond donors (Lipinski definition) is 1. The Balaban J connectivity index is 1.59. The first kappa shape index (κ1) is 18.5. The fourth-order valence-corrected chi connectivity index (χ4v) is 3.63. The molecule has 2 aliphatic rings. The molecule has 0 bridgehead atoms. The first-order chi connectivity index (χ1) is 13.6. The Morgan fingerprint density at radius 1 is 1.14 bits per heavy atom. The van der Waals surface area contributed by atoms with Gasteiger partial charge in [-0.2, -0.15) is 0 Å². The largest absolute Gasteiger partial charge is 0.492 e. The van der Waals surface area contributed by atoms with Gasteiger partial charge < -0.3 is 19.7 Å². The summed E-state index contributed by atoms with van der Waals surface area (Å²) >= 11 is 0. The highest BCUT2D eigenvalue weighted by molar-refractivity contribution is 6.36. The normalized spacial score (nSPS) is 17.4. The van der Waals surface area contributed by atoms with Crippen LogP contribution in [0.4, 0.5) is 10.1 Å². The quantitative estimate of drug-likeness (QED) is 0.770. The number of benzene rings is 2. The monoisotopic (exact) mass is 382 g/mol. The van der Waals surface area contributed by atoms with Crippen molar-refractivity contribution in [2.24, 2.45) is 0 Å². The van der Waals surface area contributed by atoms with Crippen molar-refractivity contribution in [3.8, 4) is 5.75 Å². The third-order valence-corrected chi connectivity index (χ3v) is 5.22. The second-order valence-corrected chi connectivity index (χ2v) is 6.83. The lowest BCUT2D eigenvalue weighted by Crippen LogP contribution is -2.27. The first-order valence-electron chi connectivity index (χ1n) is 9.57. The Morgan fingerprint density at radius 3 is 2.75 bits per heavy atom. The Morgan fingerprint density at radius 2 is 1.96 bits per heavy atom. The van der Waals surface area contributed by atoms with Gasteiger partial charge in [-0.3, -0.25) is 4.79 Å². The van der Waals surface area contributed by atoms with Crippen LogP contribution in [0.5, 0.6) is 5.75 Å². The molecule has 0 saturated carbocycles. The van der Waals surface area contributed by atoms with Crippen LogP contribution in [0.2, 0.25) is 0 Å². The number of hydrogen-bond acceptors (Lipinski definition) is 4. The molecule has 2 aliphatic heterocycles.